The Morgan fingerprint density at radius 3 is 2.29 bits per heavy atom. The van der Waals surface area contributed by atoms with Gasteiger partial charge in [-0.1, -0.05) is 13.8 Å². The topological polar surface area (TPSA) is 70.1 Å². The third-order valence-electron chi connectivity index (χ3n) is 1.55. The summed E-state index contributed by atoms with van der Waals surface area (Å²) in [5, 5.41) is 16.3. The van der Waals surface area contributed by atoms with Gasteiger partial charge >= 0.3 is 0 Å². The Kier molecular flexibility index (Phi) is 4.63. The molecule has 0 fully saturated rings. The number of anilines is 1. The van der Waals surface area contributed by atoms with E-state index in [1.165, 1.54) is 6.92 Å². The van der Waals surface area contributed by atoms with Crippen LogP contribution < -0.4 is 5.73 Å². The van der Waals surface area contributed by atoms with Gasteiger partial charge in [0.2, 0.25) is 0 Å². The lowest BCUT2D eigenvalue weighted by atomic mass is 10.1. The molecule has 0 spiro atoms. The minimum Gasteiger partial charge on any atom is -0.506 e. The summed E-state index contributed by atoms with van der Waals surface area (Å²) >= 11 is 0. The van der Waals surface area contributed by atoms with Gasteiger partial charge in [0.1, 0.15) is 11.6 Å². The number of hydrogen-bond acceptors (Lipinski definition) is 3. The molecule has 1 rings (SSSR count). The van der Waals surface area contributed by atoms with Crippen LogP contribution in [0.3, 0.4) is 0 Å². The summed E-state index contributed by atoms with van der Waals surface area (Å²) in [7, 11) is 0. The average molecular weight is 198 g/mol. The van der Waals surface area contributed by atoms with Gasteiger partial charge in [-0.25, -0.2) is 4.39 Å². The van der Waals surface area contributed by atoms with Crippen LogP contribution in [0.1, 0.15) is 26.3 Å². The zero-order valence-electron chi connectivity index (χ0n) is 8.56. The molecule has 4 heteroatoms. The van der Waals surface area contributed by atoms with Crippen molar-refractivity contribution in [1.82, 2.24) is 0 Å². The standard InChI is InChI=1S/C8H9FN2O.C2H6/c1-4(10)7-5(9)2-3-6(12)8(7)11;1-2/h2-3,10,12H,11H2,1H3;1-2H3. The number of benzene rings is 1. The van der Waals surface area contributed by atoms with Crippen molar-refractivity contribution in [3.8, 4) is 5.75 Å². The smallest absolute Gasteiger partial charge is 0.139 e. The minimum atomic E-state index is -0.585. The number of aromatic hydroxyl groups is 1. The molecule has 0 aliphatic carbocycles. The highest BCUT2D eigenvalue weighted by Crippen LogP contribution is 2.26. The number of nitrogens with two attached hydrogens (primary N) is 1. The first-order chi connectivity index (χ1) is 6.54. The van der Waals surface area contributed by atoms with Crippen molar-refractivity contribution in [2.75, 3.05) is 5.73 Å². The van der Waals surface area contributed by atoms with E-state index in [1.807, 2.05) is 13.8 Å². The normalized spacial score (nSPS) is 8.86. The van der Waals surface area contributed by atoms with E-state index in [0.717, 1.165) is 12.1 Å². The Balaban J connectivity index is 0.000000791. The average Bonchev–Trinajstić information content (AvgIpc) is 2.15. The monoisotopic (exact) mass is 198 g/mol. The fraction of sp³-hybridized carbons (Fsp3) is 0.300. The zero-order valence-corrected chi connectivity index (χ0v) is 8.56. The van der Waals surface area contributed by atoms with Gasteiger partial charge in [-0.05, 0) is 19.1 Å². The van der Waals surface area contributed by atoms with Gasteiger partial charge in [0.05, 0.1) is 11.3 Å². The van der Waals surface area contributed by atoms with E-state index in [1.54, 1.807) is 0 Å². The summed E-state index contributed by atoms with van der Waals surface area (Å²) in [6.07, 6.45) is 0. The summed E-state index contributed by atoms with van der Waals surface area (Å²) in [5.74, 6) is -0.782. The van der Waals surface area contributed by atoms with Crippen LogP contribution in [-0.2, 0) is 0 Å². The minimum absolute atomic E-state index is 0.000833. The largest absolute Gasteiger partial charge is 0.506 e. The van der Waals surface area contributed by atoms with Crippen LogP contribution in [0.4, 0.5) is 10.1 Å². The summed E-state index contributed by atoms with van der Waals surface area (Å²) in [6, 6.07) is 2.25. The van der Waals surface area contributed by atoms with Gasteiger partial charge in [0.15, 0.2) is 0 Å². The lowest BCUT2D eigenvalue weighted by Gasteiger charge is -2.06. The molecule has 78 valence electrons. The second-order valence-corrected chi connectivity index (χ2v) is 2.48. The lowest BCUT2D eigenvalue weighted by molar-refractivity contribution is 0.475. The predicted octanol–water partition coefficient (Wildman–Crippen LogP) is 2.53. The molecular weight excluding hydrogens is 183 g/mol. The Morgan fingerprint density at radius 1 is 1.43 bits per heavy atom. The summed E-state index contributed by atoms with van der Waals surface area (Å²) < 4.78 is 12.9. The summed E-state index contributed by atoms with van der Waals surface area (Å²) in [6.45, 7) is 5.41. The van der Waals surface area contributed by atoms with Crippen LogP contribution in [0, 0.1) is 11.2 Å². The number of halogens is 1. The maximum Gasteiger partial charge on any atom is 0.139 e. The van der Waals surface area contributed by atoms with Gasteiger partial charge in [0, 0.05) is 5.71 Å². The van der Waals surface area contributed by atoms with Gasteiger partial charge < -0.3 is 16.2 Å². The van der Waals surface area contributed by atoms with Crippen molar-refractivity contribution < 1.29 is 9.50 Å². The Morgan fingerprint density at radius 2 is 1.93 bits per heavy atom. The number of nitrogens with one attached hydrogen (secondary N) is 1. The van der Waals surface area contributed by atoms with Crippen LogP contribution in [0.25, 0.3) is 0 Å². The molecular formula is C10H15FN2O. The van der Waals surface area contributed by atoms with E-state index in [0.29, 0.717) is 0 Å². The fourth-order valence-corrected chi connectivity index (χ4v) is 0.963. The van der Waals surface area contributed by atoms with Gasteiger partial charge in [-0.2, -0.15) is 0 Å². The summed E-state index contributed by atoms with van der Waals surface area (Å²) in [5.41, 5.74) is 5.24. The molecule has 3 nitrogen and oxygen atoms in total. The van der Waals surface area contributed by atoms with Gasteiger partial charge in [-0.3, -0.25) is 0 Å². The second-order valence-electron chi connectivity index (χ2n) is 2.48. The van der Waals surface area contributed by atoms with E-state index >= 15 is 0 Å². The molecule has 0 aromatic heterocycles. The molecule has 0 aliphatic heterocycles. The predicted molar refractivity (Wildman–Crippen MR) is 56.3 cm³/mol. The number of rotatable bonds is 1. The first-order valence-electron chi connectivity index (χ1n) is 4.36. The van der Waals surface area contributed by atoms with Crippen molar-refractivity contribution in [2.45, 2.75) is 20.8 Å². The number of nitrogen functional groups attached to an aromatic ring is 1. The van der Waals surface area contributed by atoms with Crippen molar-refractivity contribution in [1.29, 1.82) is 5.41 Å². The van der Waals surface area contributed by atoms with Crippen LogP contribution in [0.5, 0.6) is 5.75 Å². The second kappa shape index (κ2) is 5.21. The molecule has 0 saturated carbocycles. The number of phenolic OH excluding ortho intramolecular Hbond substituents is 1. The molecule has 1 aromatic rings. The molecule has 0 aliphatic rings. The molecule has 0 radical (unpaired) electrons. The van der Waals surface area contributed by atoms with Gasteiger partial charge in [0.25, 0.3) is 0 Å². The number of phenols is 1. The van der Waals surface area contributed by atoms with Crippen LogP contribution >= 0.6 is 0 Å². The van der Waals surface area contributed by atoms with E-state index in [2.05, 4.69) is 0 Å². The SMILES string of the molecule is CC.CC(=N)c1c(F)ccc(O)c1N. The first-order valence-corrected chi connectivity index (χ1v) is 4.36. The molecule has 0 atom stereocenters. The molecule has 1 aromatic carbocycles. The zero-order chi connectivity index (χ0) is 11.3. The molecule has 0 unspecified atom stereocenters. The van der Waals surface area contributed by atoms with Crippen molar-refractivity contribution >= 4 is 11.4 Å². The van der Waals surface area contributed by atoms with E-state index in [9.17, 15) is 4.39 Å². The third kappa shape index (κ3) is 2.45. The highest BCUT2D eigenvalue weighted by Gasteiger charge is 2.11. The Labute approximate surface area is 82.9 Å². The van der Waals surface area contributed by atoms with E-state index in [4.69, 9.17) is 16.2 Å². The highest BCUT2D eigenvalue weighted by atomic mass is 19.1. The maximum absolute atomic E-state index is 12.9. The van der Waals surface area contributed by atoms with Crippen LogP contribution in [-0.4, -0.2) is 10.8 Å². The van der Waals surface area contributed by atoms with Crippen molar-refractivity contribution in [3.05, 3.63) is 23.5 Å². The Hall–Kier alpha value is -1.58. The van der Waals surface area contributed by atoms with Crippen molar-refractivity contribution in [2.24, 2.45) is 0 Å². The van der Waals surface area contributed by atoms with Crippen molar-refractivity contribution in [3.63, 3.8) is 0 Å². The fourth-order valence-electron chi connectivity index (χ4n) is 0.963. The van der Waals surface area contributed by atoms with Crippen LogP contribution in [0.2, 0.25) is 0 Å². The van der Waals surface area contributed by atoms with E-state index < -0.39 is 5.82 Å². The maximum atomic E-state index is 12.9. The lowest BCUT2D eigenvalue weighted by Crippen LogP contribution is -2.03. The highest BCUT2D eigenvalue weighted by molar-refractivity contribution is 6.02. The Bertz CT molecular complexity index is 337. The molecule has 14 heavy (non-hydrogen) atoms. The molecule has 4 N–H and O–H groups in total. The molecule has 0 saturated heterocycles. The quantitative estimate of drug-likeness (QED) is 0.368. The number of hydrogen-bond donors (Lipinski definition) is 3. The molecule has 0 amide bonds. The first kappa shape index (κ1) is 12.4. The molecule has 0 bridgehead atoms. The third-order valence-corrected chi connectivity index (χ3v) is 1.55. The molecule has 0 heterocycles. The summed E-state index contributed by atoms with van der Waals surface area (Å²) in [4.78, 5) is 0. The van der Waals surface area contributed by atoms with E-state index in [-0.39, 0.29) is 22.7 Å². The van der Waals surface area contributed by atoms with Gasteiger partial charge in [-0.15, -0.1) is 0 Å². The van der Waals surface area contributed by atoms with Crippen LogP contribution in [0.15, 0.2) is 12.1 Å².